The van der Waals surface area contributed by atoms with E-state index in [1.54, 1.807) is 75.4 Å². The molecule has 1 aliphatic heterocycles. The maximum Gasteiger partial charge on any atom is 0.319 e. The lowest BCUT2D eigenvalue weighted by molar-refractivity contribution is 0.171. The van der Waals surface area contributed by atoms with Crippen molar-refractivity contribution in [3.8, 4) is 85.7 Å². The Bertz CT molecular complexity index is 5390. The first kappa shape index (κ1) is 63.5. The molecule has 36 nitrogen and oxygen atoms in total. The molecule has 490 valence electrons. The zero-order chi connectivity index (χ0) is 68.2. The van der Waals surface area contributed by atoms with Gasteiger partial charge in [-0.05, 0) is 49.4 Å². The van der Waals surface area contributed by atoms with Crippen molar-refractivity contribution in [1.29, 1.82) is 0 Å². The van der Waals surface area contributed by atoms with Gasteiger partial charge in [0.15, 0.2) is 39.7 Å². The molecule has 97 heavy (non-hydrogen) atoms. The second kappa shape index (κ2) is 26.9. The topological polar surface area (TPSA) is 472 Å². The number of hydrogen-bond donors (Lipinski definition) is 5. The summed E-state index contributed by atoms with van der Waals surface area (Å²) in [6.07, 6.45) is 15.0. The molecule has 1 aliphatic rings. The van der Waals surface area contributed by atoms with Crippen molar-refractivity contribution >= 4 is 84.3 Å². The molecule has 0 unspecified atom stereocenters. The summed E-state index contributed by atoms with van der Waals surface area (Å²) < 4.78 is 47.4. The van der Waals surface area contributed by atoms with Crippen LogP contribution in [0.4, 0.5) is 33.5 Å². The lowest BCUT2D eigenvalue weighted by Crippen LogP contribution is -2.15. The third kappa shape index (κ3) is 12.6. The van der Waals surface area contributed by atoms with Crippen LogP contribution < -0.4 is 52.4 Å². The minimum atomic E-state index is -0.539. The Hall–Kier alpha value is -13.6. The van der Waals surface area contributed by atoms with Gasteiger partial charge in [0.1, 0.15) is 102 Å². The number of halogens is 1. The van der Waals surface area contributed by atoms with Gasteiger partial charge in [0.05, 0.1) is 53.8 Å². The van der Waals surface area contributed by atoms with Crippen LogP contribution >= 0.6 is 0 Å². The summed E-state index contributed by atoms with van der Waals surface area (Å²) in [5, 5.41) is 25.6. The Balaban J connectivity index is 0.000000116. The van der Waals surface area contributed by atoms with E-state index in [0.29, 0.717) is 127 Å². The predicted molar refractivity (Wildman–Crippen MR) is 353 cm³/mol. The van der Waals surface area contributed by atoms with Gasteiger partial charge in [0, 0.05) is 94.2 Å². The smallest absolute Gasteiger partial charge is 0.319 e. The summed E-state index contributed by atoms with van der Waals surface area (Å²) in [6.45, 7) is 3.05. The van der Waals surface area contributed by atoms with Gasteiger partial charge in [-0.3, -0.25) is 4.98 Å². The molecule has 0 spiro atoms. The molecule has 0 saturated carbocycles. The van der Waals surface area contributed by atoms with Gasteiger partial charge in [-0.1, -0.05) is 0 Å². The zero-order valence-corrected chi connectivity index (χ0v) is 53.2. The third-order valence-electron chi connectivity index (χ3n) is 14.7. The van der Waals surface area contributed by atoms with Gasteiger partial charge in [0.2, 0.25) is 11.8 Å². The molecule has 10 N–H and O–H groups in total. The monoisotopic (exact) mass is 1310 g/mol. The first-order valence-electron chi connectivity index (χ1n) is 28.9. The van der Waals surface area contributed by atoms with E-state index in [1.165, 1.54) is 65.2 Å². The summed E-state index contributed by atoms with van der Waals surface area (Å²) in [5.41, 5.74) is 41.0. The molecule has 0 saturated heterocycles. The van der Waals surface area contributed by atoms with Crippen LogP contribution in [0.1, 0.15) is 5.69 Å². The first-order chi connectivity index (χ1) is 46.9. The fourth-order valence-electron chi connectivity index (χ4n) is 10.3. The van der Waals surface area contributed by atoms with Crippen molar-refractivity contribution in [1.82, 2.24) is 129 Å². The number of aromatic nitrogens is 26. The molecule has 37 heteroatoms. The molecule has 0 radical (unpaired) electrons. The lowest BCUT2D eigenvalue weighted by atomic mass is 10.1. The highest BCUT2D eigenvalue weighted by atomic mass is 19.1. The van der Waals surface area contributed by atoms with Gasteiger partial charge in [0.25, 0.3) is 0 Å². The Kier molecular flexibility index (Phi) is 17.6. The molecule has 0 aliphatic carbocycles. The van der Waals surface area contributed by atoms with E-state index in [2.05, 4.69) is 105 Å². The zero-order valence-electron chi connectivity index (χ0n) is 53.2. The van der Waals surface area contributed by atoms with Gasteiger partial charge < -0.3 is 52.4 Å². The fourth-order valence-corrected chi connectivity index (χ4v) is 10.3. The standard InChI is InChI=1S/C14H13N5O2.C12H13N7O2.C12H12N6.C11H9FN6.C11H11N7O/c1-19-14-11(13(15)16-7-17-14)12(18-19)8-2-3-9-10(6-8)21-5-4-20-9;1-19-10-7(9(13)15-5-16-10)8(18-19)6-4-14-12(21-3)17-11(6)20-2;1-7-5-8(3-4-14-7)10-9-11(13)15-6-16-12(9)18(2)17-10;1-18-11-8(10(13)15-5-16-11)9(17-18)6-2-3-7(12)14-4-6;1-18-10-7(9(12)15-5-16-10)8(17-18)6-3-13-11(19-2)14-4-6/h2-3,6-7H,4-5H2,1H3,(H2,15,16,17);4-5H,1-3H3,(H2,13,15,16);3-6H,1-2H3,(H2,13,15,16);2-5H,1H3,(H2,13,15,16);3-5H,1-2H3,(H2,12,15,16). The number of benzene rings is 1. The van der Waals surface area contributed by atoms with Crippen LogP contribution in [-0.2, 0) is 35.2 Å². The van der Waals surface area contributed by atoms with Gasteiger partial charge >= 0.3 is 12.0 Å². The van der Waals surface area contributed by atoms with E-state index in [0.717, 1.165) is 55.9 Å². The highest BCUT2D eigenvalue weighted by molar-refractivity contribution is 6.02. The van der Waals surface area contributed by atoms with E-state index in [1.807, 2.05) is 51.4 Å². The van der Waals surface area contributed by atoms with Crippen LogP contribution in [0.25, 0.3) is 111 Å². The fraction of sp³-hybridized carbons (Fsp3) is 0.183. The van der Waals surface area contributed by atoms with Crippen molar-refractivity contribution in [2.75, 3.05) is 63.2 Å². The lowest BCUT2D eigenvalue weighted by Gasteiger charge is -2.18. The molecule has 0 amide bonds. The van der Waals surface area contributed by atoms with Gasteiger partial charge in [-0.2, -0.15) is 34.9 Å². The number of nitrogens with two attached hydrogens (primary N) is 5. The highest BCUT2D eigenvalue weighted by Crippen LogP contribution is 2.39. The number of hydrogen-bond acceptors (Lipinski definition) is 31. The van der Waals surface area contributed by atoms with E-state index in [4.69, 9.17) is 52.4 Å². The third-order valence-corrected chi connectivity index (χ3v) is 14.7. The molecule has 0 fully saturated rings. The number of rotatable bonds is 8. The molecule has 15 heterocycles. The maximum absolute atomic E-state index is 12.8. The average molecular weight is 1310 g/mol. The Labute approximate surface area is 546 Å². The summed E-state index contributed by atoms with van der Waals surface area (Å²) in [5.74, 6) is 3.17. The van der Waals surface area contributed by atoms with Crippen LogP contribution in [0.5, 0.6) is 29.4 Å². The number of aryl methyl sites for hydroxylation is 6. The van der Waals surface area contributed by atoms with Gasteiger partial charge in [-0.15, -0.1) is 0 Å². The summed E-state index contributed by atoms with van der Waals surface area (Å²) in [4.78, 5) is 65.0. The largest absolute Gasteiger partial charge is 0.486 e. The highest BCUT2D eigenvalue weighted by Gasteiger charge is 2.23. The Morgan fingerprint density at radius 1 is 0.392 bits per heavy atom. The van der Waals surface area contributed by atoms with E-state index >= 15 is 0 Å². The van der Waals surface area contributed by atoms with Crippen LogP contribution in [0.2, 0.25) is 0 Å². The number of nitrogens with zero attached hydrogens (tertiary/aromatic N) is 26. The minimum absolute atomic E-state index is 0.208. The van der Waals surface area contributed by atoms with Crippen molar-refractivity contribution in [3.05, 3.63) is 117 Å². The second-order valence-electron chi connectivity index (χ2n) is 20.8. The van der Waals surface area contributed by atoms with Crippen LogP contribution in [0.15, 0.2) is 105 Å². The van der Waals surface area contributed by atoms with E-state index in [9.17, 15) is 4.39 Å². The molecule has 15 aromatic rings. The Morgan fingerprint density at radius 2 is 0.784 bits per heavy atom. The number of anilines is 5. The molecule has 0 bridgehead atoms. The van der Waals surface area contributed by atoms with Gasteiger partial charge in [-0.25, -0.2) is 93.2 Å². The predicted octanol–water partition coefficient (Wildman–Crippen LogP) is 4.68. The van der Waals surface area contributed by atoms with E-state index < -0.39 is 5.95 Å². The second-order valence-corrected chi connectivity index (χ2v) is 20.8. The molecule has 1 aromatic carbocycles. The van der Waals surface area contributed by atoms with Crippen molar-refractivity contribution in [2.45, 2.75) is 6.92 Å². The molecular weight excluding hydrogens is 1250 g/mol. The van der Waals surface area contributed by atoms with Crippen molar-refractivity contribution < 1.29 is 28.1 Å². The normalized spacial score (nSPS) is 11.5. The van der Waals surface area contributed by atoms with Crippen molar-refractivity contribution in [2.24, 2.45) is 35.2 Å². The Morgan fingerprint density at radius 3 is 1.22 bits per heavy atom. The number of methoxy groups -OCH3 is 3. The molecule has 16 rings (SSSR count). The first-order valence-corrected chi connectivity index (χ1v) is 28.9. The number of nitrogen functional groups attached to an aromatic ring is 5. The van der Waals surface area contributed by atoms with Crippen molar-refractivity contribution in [3.63, 3.8) is 0 Å². The number of pyridine rings is 2. The molecule has 0 atom stereocenters. The number of ether oxygens (including phenoxy) is 5. The van der Waals surface area contributed by atoms with Crippen LogP contribution in [0, 0.1) is 12.9 Å². The van der Waals surface area contributed by atoms with Crippen LogP contribution in [0.3, 0.4) is 0 Å². The van der Waals surface area contributed by atoms with Crippen LogP contribution in [-0.4, -0.2) is 163 Å². The summed E-state index contributed by atoms with van der Waals surface area (Å²) in [7, 11) is 13.5. The molecule has 14 aromatic heterocycles. The quantitative estimate of drug-likeness (QED) is 0.129. The summed E-state index contributed by atoms with van der Waals surface area (Å²) >= 11 is 0. The average Bonchev–Trinajstić information content (AvgIpc) is 1.69. The number of fused-ring (bicyclic) bond motifs is 6. The summed E-state index contributed by atoms with van der Waals surface area (Å²) in [6, 6.07) is 13.0. The van der Waals surface area contributed by atoms with E-state index in [-0.39, 0.29) is 6.01 Å². The minimum Gasteiger partial charge on any atom is -0.486 e. The molecular formula is C60H58FN31O5. The maximum atomic E-state index is 12.8. The SMILES string of the molecule is COc1ncc(-c2nn(C)c3ncnc(N)c23)c(OC)n1.COc1ncc(-c2nn(C)c3ncnc(N)c23)cn1.Cc1cc(-c2nn(C)c3ncnc(N)c23)ccn1.Cn1nc(-c2ccc(F)nc2)c2c(N)ncnc21.Cn1nc(-c2ccc3c(c2)OCCO3)c2c(N)ncnc21.